The summed E-state index contributed by atoms with van der Waals surface area (Å²) in [5, 5.41) is 0.961. The summed E-state index contributed by atoms with van der Waals surface area (Å²) in [6, 6.07) is 0. The summed E-state index contributed by atoms with van der Waals surface area (Å²) in [7, 11) is 0. The zero-order chi connectivity index (χ0) is 13.7. The van der Waals surface area contributed by atoms with Crippen LogP contribution in [0.4, 0.5) is 0 Å². The van der Waals surface area contributed by atoms with Crippen LogP contribution in [0.1, 0.15) is 45.7 Å². The summed E-state index contributed by atoms with van der Waals surface area (Å²) in [5.74, 6) is 0.124. The SMILES string of the molecule is Cc1nc(C2CCCO2)sc1C(=O)N1CCC12COC2. The van der Waals surface area contributed by atoms with Crippen LogP contribution in [-0.4, -0.2) is 47.7 Å². The van der Waals surface area contributed by atoms with Crippen LogP contribution in [0, 0.1) is 6.92 Å². The molecule has 3 aliphatic heterocycles. The highest BCUT2D eigenvalue weighted by atomic mass is 32.1. The van der Waals surface area contributed by atoms with E-state index in [9.17, 15) is 4.79 Å². The Morgan fingerprint density at radius 3 is 2.90 bits per heavy atom. The monoisotopic (exact) mass is 294 g/mol. The Balaban J connectivity index is 1.57. The molecule has 1 aromatic rings. The van der Waals surface area contributed by atoms with Crippen molar-refractivity contribution in [3.8, 4) is 0 Å². The Labute approximate surface area is 121 Å². The van der Waals surface area contributed by atoms with Crippen molar-refractivity contribution >= 4 is 17.2 Å². The van der Waals surface area contributed by atoms with Gasteiger partial charge in [-0.1, -0.05) is 0 Å². The van der Waals surface area contributed by atoms with E-state index < -0.39 is 0 Å². The average molecular weight is 294 g/mol. The van der Waals surface area contributed by atoms with E-state index in [1.807, 2.05) is 11.8 Å². The minimum absolute atomic E-state index is 0.00245. The molecule has 0 radical (unpaired) electrons. The van der Waals surface area contributed by atoms with Gasteiger partial charge in [0, 0.05) is 13.2 Å². The number of thiazole rings is 1. The fourth-order valence-corrected chi connectivity index (χ4v) is 4.24. The van der Waals surface area contributed by atoms with Crippen LogP contribution >= 0.6 is 11.3 Å². The fourth-order valence-electron chi connectivity index (χ4n) is 3.14. The first kappa shape index (κ1) is 12.7. The van der Waals surface area contributed by atoms with E-state index in [-0.39, 0.29) is 17.6 Å². The van der Waals surface area contributed by atoms with Crippen molar-refractivity contribution in [1.29, 1.82) is 0 Å². The van der Waals surface area contributed by atoms with Crippen molar-refractivity contribution in [2.45, 2.75) is 37.8 Å². The lowest BCUT2D eigenvalue weighted by molar-refractivity contribution is -0.172. The molecule has 3 aliphatic rings. The van der Waals surface area contributed by atoms with E-state index in [2.05, 4.69) is 4.98 Å². The largest absolute Gasteiger partial charge is 0.376 e. The summed E-state index contributed by atoms with van der Waals surface area (Å²) in [6.45, 7) is 4.95. The number of hydrogen-bond acceptors (Lipinski definition) is 5. The molecule has 0 bridgehead atoms. The van der Waals surface area contributed by atoms with Crippen molar-refractivity contribution in [1.82, 2.24) is 9.88 Å². The number of carbonyl (C=O) groups is 1. The van der Waals surface area contributed by atoms with Crippen LogP contribution in [0.2, 0.25) is 0 Å². The zero-order valence-electron chi connectivity index (χ0n) is 11.6. The summed E-state index contributed by atoms with van der Waals surface area (Å²) >= 11 is 1.51. The van der Waals surface area contributed by atoms with Gasteiger partial charge in [0.2, 0.25) is 0 Å². The maximum Gasteiger partial charge on any atom is 0.266 e. The zero-order valence-corrected chi connectivity index (χ0v) is 12.4. The molecule has 4 heterocycles. The van der Waals surface area contributed by atoms with Crippen molar-refractivity contribution in [3.63, 3.8) is 0 Å². The predicted octanol–water partition coefficient (Wildman–Crippen LogP) is 1.92. The lowest BCUT2D eigenvalue weighted by Gasteiger charge is -2.57. The van der Waals surface area contributed by atoms with E-state index in [1.54, 1.807) is 0 Å². The summed E-state index contributed by atoms with van der Waals surface area (Å²) in [4.78, 5) is 20.0. The second-order valence-electron chi connectivity index (χ2n) is 5.89. The van der Waals surface area contributed by atoms with Crippen LogP contribution in [0.3, 0.4) is 0 Å². The molecule has 0 N–H and O–H groups in total. The van der Waals surface area contributed by atoms with Gasteiger partial charge in [0.25, 0.3) is 5.91 Å². The van der Waals surface area contributed by atoms with E-state index >= 15 is 0 Å². The van der Waals surface area contributed by atoms with Crippen LogP contribution < -0.4 is 0 Å². The lowest BCUT2D eigenvalue weighted by Crippen LogP contribution is -2.72. The molecule has 3 fully saturated rings. The number of rotatable bonds is 2. The number of aryl methyl sites for hydroxylation is 1. The molecule has 1 atom stereocenters. The molecule has 108 valence electrons. The van der Waals surface area contributed by atoms with Gasteiger partial charge in [0.05, 0.1) is 24.4 Å². The third-order valence-electron chi connectivity index (χ3n) is 4.57. The van der Waals surface area contributed by atoms with Gasteiger partial charge < -0.3 is 14.4 Å². The molecular formula is C14H18N2O3S. The van der Waals surface area contributed by atoms with Crippen LogP contribution in [0.15, 0.2) is 0 Å². The summed E-state index contributed by atoms with van der Waals surface area (Å²) in [6.07, 6.45) is 3.26. The first-order valence-electron chi connectivity index (χ1n) is 7.18. The number of carbonyl (C=O) groups excluding carboxylic acids is 1. The van der Waals surface area contributed by atoms with Gasteiger partial charge in [-0.2, -0.15) is 0 Å². The Morgan fingerprint density at radius 2 is 2.35 bits per heavy atom. The molecule has 20 heavy (non-hydrogen) atoms. The highest BCUT2D eigenvalue weighted by Gasteiger charge is 2.53. The number of likely N-dealkylation sites (tertiary alicyclic amines) is 1. The van der Waals surface area contributed by atoms with Crippen molar-refractivity contribution < 1.29 is 14.3 Å². The van der Waals surface area contributed by atoms with E-state index in [0.29, 0.717) is 13.2 Å². The third-order valence-corrected chi connectivity index (χ3v) is 5.81. The smallest absolute Gasteiger partial charge is 0.266 e. The molecule has 1 unspecified atom stereocenters. The van der Waals surface area contributed by atoms with Gasteiger partial charge in [0.15, 0.2) is 0 Å². The molecule has 6 heteroatoms. The molecule has 0 aromatic carbocycles. The minimum atomic E-state index is -0.00245. The summed E-state index contributed by atoms with van der Waals surface area (Å²) < 4.78 is 11.0. The predicted molar refractivity (Wildman–Crippen MR) is 74.0 cm³/mol. The highest BCUT2D eigenvalue weighted by molar-refractivity contribution is 7.13. The average Bonchev–Trinajstić information content (AvgIpc) is 2.93. The Hall–Kier alpha value is -0.980. The van der Waals surface area contributed by atoms with Crippen molar-refractivity contribution in [2.75, 3.05) is 26.4 Å². The van der Waals surface area contributed by atoms with Crippen LogP contribution in [0.5, 0.6) is 0 Å². The lowest BCUT2D eigenvalue weighted by atomic mass is 9.82. The quantitative estimate of drug-likeness (QED) is 0.836. The van der Waals surface area contributed by atoms with E-state index in [4.69, 9.17) is 9.47 Å². The maximum atomic E-state index is 12.7. The highest BCUT2D eigenvalue weighted by Crippen LogP contribution is 2.40. The van der Waals surface area contributed by atoms with Gasteiger partial charge >= 0.3 is 0 Å². The molecule has 1 amide bonds. The number of hydrogen-bond donors (Lipinski definition) is 0. The van der Waals surface area contributed by atoms with Gasteiger partial charge in [-0.3, -0.25) is 4.79 Å². The molecule has 0 aliphatic carbocycles. The normalized spacial score (nSPS) is 27.4. The topological polar surface area (TPSA) is 51.7 Å². The van der Waals surface area contributed by atoms with E-state index in [0.717, 1.165) is 48.0 Å². The van der Waals surface area contributed by atoms with Gasteiger partial charge in [0.1, 0.15) is 16.0 Å². The molecule has 4 rings (SSSR count). The number of aromatic nitrogens is 1. The third kappa shape index (κ3) is 1.75. The number of nitrogens with zero attached hydrogens (tertiary/aromatic N) is 2. The molecule has 1 spiro atoms. The Morgan fingerprint density at radius 1 is 1.50 bits per heavy atom. The first-order valence-corrected chi connectivity index (χ1v) is 8.00. The van der Waals surface area contributed by atoms with Gasteiger partial charge in [-0.15, -0.1) is 11.3 Å². The summed E-state index contributed by atoms with van der Waals surface area (Å²) in [5.41, 5.74) is 0.838. The molecule has 0 saturated carbocycles. The van der Waals surface area contributed by atoms with Crippen molar-refractivity contribution in [3.05, 3.63) is 15.6 Å². The number of ether oxygens (including phenoxy) is 2. The van der Waals surface area contributed by atoms with Crippen LogP contribution in [0.25, 0.3) is 0 Å². The second-order valence-corrected chi connectivity index (χ2v) is 6.92. The maximum absolute atomic E-state index is 12.7. The van der Waals surface area contributed by atoms with Gasteiger partial charge in [-0.25, -0.2) is 4.98 Å². The second kappa shape index (κ2) is 4.51. The first-order chi connectivity index (χ1) is 9.70. The van der Waals surface area contributed by atoms with Crippen LogP contribution in [-0.2, 0) is 9.47 Å². The Bertz CT molecular complexity index is 541. The molecule has 5 nitrogen and oxygen atoms in total. The minimum Gasteiger partial charge on any atom is -0.376 e. The van der Waals surface area contributed by atoms with Crippen molar-refractivity contribution in [2.24, 2.45) is 0 Å². The van der Waals surface area contributed by atoms with Gasteiger partial charge in [-0.05, 0) is 26.2 Å². The molecular weight excluding hydrogens is 276 g/mol. The number of amides is 1. The Kier molecular flexibility index (Phi) is 2.87. The molecule has 3 saturated heterocycles. The van der Waals surface area contributed by atoms with E-state index in [1.165, 1.54) is 11.3 Å². The standard InChI is InChI=1S/C14H18N2O3S/c1-9-11(20-12(15-9)10-3-2-6-19-10)13(17)16-5-4-14(16)7-18-8-14/h10H,2-8H2,1H3. The fraction of sp³-hybridized carbons (Fsp3) is 0.714. The molecule has 1 aromatic heterocycles.